The Kier molecular flexibility index (Phi) is 6.01. The summed E-state index contributed by atoms with van der Waals surface area (Å²) in [5.74, 6) is 0.708. The van der Waals surface area contributed by atoms with Crippen molar-refractivity contribution >= 4 is 17.5 Å². The highest BCUT2D eigenvalue weighted by atomic mass is 32.2. The van der Waals surface area contributed by atoms with Gasteiger partial charge in [0.05, 0.1) is 17.6 Å². The molecule has 0 aromatic heterocycles. The molecule has 0 heterocycles. The highest BCUT2D eigenvalue weighted by Gasteiger charge is 2.29. The van der Waals surface area contributed by atoms with Gasteiger partial charge in [-0.15, -0.1) is 0 Å². The number of aryl methyl sites for hydroxylation is 1. The Labute approximate surface area is 135 Å². The topological polar surface area (TPSA) is 54.9 Å². The molecule has 1 unspecified atom stereocenters. The summed E-state index contributed by atoms with van der Waals surface area (Å²) in [6.07, 6.45) is 3.33. The third-order valence-corrected chi connectivity index (χ3v) is 4.43. The molecule has 116 valence electrons. The number of hydrogen-bond acceptors (Lipinski definition) is 3. The Morgan fingerprint density at radius 2 is 2.00 bits per heavy atom. The lowest BCUT2D eigenvalue weighted by atomic mass is 10.1. The highest BCUT2D eigenvalue weighted by Crippen LogP contribution is 2.36. The van der Waals surface area contributed by atoms with Gasteiger partial charge in [-0.25, -0.2) is 0 Å². The Hall–Kier alpha value is -1.81. The molecule has 1 aliphatic rings. The second-order valence-electron chi connectivity index (χ2n) is 4.74. The van der Waals surface area contributed by atoms with E-state index >= 15 is 0 Å². The van der Waals surface area contributed by atoms with Crippen molar-refractivity contribution in [3.05, 3.63) is 58.2 Å². The second-order valence-corrected chi connectivity index (χ2v) is 5.82. The van der Waals surface area contributed by atoms with E-state index in [1.54, 1.807) is 17.8 Å². The predicted octanol–water partition coefficient (Wildman–Crippen LogP) is 3.98. The lowest BCUT2D eigenvalue weighted by Gasteiger charge is -2.19. The van der Waals surface area contributed by atoms with Gasteiger partial charge in [0.1, 0.15) is 5.76 Å². The zero-order chi connectivity index (χ0) is 15.9. The van der Waals surface area contributed by atoms with Crippen LogP contribution in [0.1, 0.15) is 19.4 Å². The van der Waals surface area contributed by atoms with E-state index in [0.29, 0.717) is 24.7 Å². The van der Waals surface area contributed by atoms with Gasteiger partial charge >= 0.3 is 5.71 Å². The summed E-state index contributed by atoms with van der Waals surface area (Å²) in [6, 6.07) is 8.20. The molecule has 0 fully saturated rings. The Bertz CT molecular complexity index is 646. The number of thioether (sulfide) groups is 1. The van der Waals surface area contributed by atoms with Gasteiger partial charge in [-0.3, -0.25) is 0 Å². The molecule has 0 bridgehead atoms. The van der Waals surface area contributed by atoms with Crippen LogP contribution in [0.3, 0.4) is 0 Å². The van der Waals surface area contributed by atoms with E-state index in [9.17, 15) is 0 Å². The number of ether oxygens (including phenoxy) is 2. The van der Waals surface area contributed by atoms with Gasteiger partial charge in [0, 0.05) is 11.5 Å². The van der Waals surface area contributed by atoms with Crippen molar-refractivity contribution in [1.82, 2.24) is 0 Å². The Morgan fingerprint density at radius 1 is 1.23 bits per heavy atom. The minimum atomic E-state index is -0.356. The van der Waals surface area contributed by atoms with Crippen molar-refractivity contribution in [2.75, 3.05) is 13.2 Å². The van der Waals surface area contributed by atoms with Crippen molar-refractivity contribution in [3.63, 3.8) is 0 Å². The lowest BCUT2D eigenvalue weighted by molar-refractivity contribution is -0.0221. The van der Waals surface area contributed by atoms with Crippen LogP contribution >= 0.6 is 11.8 Å². The van der Waals surface area contributed by atoms with Crippen molar-refractivity contribution in [3.8, 4) is 0 Å². The van der Waals surface area contributed by atoms with Gasteiger partial charge in [0.15, 0.2) is 6.10 Å². The van der Waals surface area contributed by atoms with E-state index in [2.05, 4.69) is 23.8 Å². The molecule has 0 amide bonds. The van der Waals surface area contributed by atoms with Crippen molar-refractivity contribution in [2.45, 2.75) is 31.8 Å². The second kappa shape index (κ2) is 7.99. The van der Waals surface area contributed by atoms with E-state index in [-0.39, 0.29) is 6.10 Å². The molecule has 0 aliphatic heterocycles. The van der Waals surface area contributed by atoms with E-state index < -0.39 is 0 Å². The zero-order valence-corrected chi connectivity index (χ0v) is 13.9. The van der Waals surface area contributed by atoms with E-state index in [0.717, 1.165) is 4.91 Å². The van der Waals surface area contributed by atoms with Crippen LogP contribution in [0.2, 0.25) is 0 Å². The molecule has 4 nitrogen and oxygen atoms in total. The van der Waals surface area contributed by atoms with Crippen LogP contribution in [0.4, 0.5) is 0 Å². The van der Waals surface area contributed by atoms with Crippen LogP contribution in [0.25, 0.3) is 5.53 Å². The number of nitrogens with zero attached hydrogens (tertiary/aromatic N) is 2. The molecule has 22 heavy (non-hydrogen) atoms. The van der Waals surface area contributed by atoms with Crippen LogP contribution in [0.5, 0.6) is 0 Å². The molecule has 0 saturated heterocycles. The van der Waals surface area contributed by atoms with Crippen molar-refractivity contribution in [1.29, 1.82) is 0 Å². The molecule has 1 aromatic rings. The Morgan fingerprint density at radius 3 is 2.64 bits per heavy atom. The van der Waals surface area contributed by atoms with Gasteiger partial charge in [0.25, 0.3) is 0 Å². The summed E-state index contributed by atoms with van der Waals surface area (Å²) in [5.41, 5.74) is 10.8. The van der Waals surface area contributed by atoms with Gasteiger partial charge < -0.3 is 15.0 Å². The Balaban J connectivity index is 2.34. The third kappa shape index (κ3) is 3.89. The normalized spacial score (nSPS) is 17.6. The number of hydrogen-bond donors (Lipinski definition) is 0. The predicted molar refractivity (Wildman–Crippen MR) is 88.9 cm³/mol. The van der Waals surface area contributed by atoms with Crippen molar-refractivity contribution < 1.29 is 14.3 Å². The van der Waals surface area contributed by atoms with Gasteiger partial charge in [-0.05, 0) is 38.5 Å². The minimum Gasteiger partial charge on any atom is -0.492 e. The first-order valence-corrected chi connectivity index (χ1v) is 8.15. The van der Waals surface area contributed by atoms with Gasteiger partial charge in [-0.2, -0.15) is 4.79 Å². The fourth-order valence-electron chi connectivity index (χ4n) is 2.13. The molecule has 0 spiro atoms. The van der Waals surface area contributed by atoms with Crippen LogP contribution < -0.4 is 0 Å². The summed E-state index contributed by atoms with van der Waals surface area (Å²) in [6.45, 7) is 7.02. The molecule has 1 aromatic carbocycles. The molecule has 0 saturated carbocycles. The van der Waals surface area contributed by atoms with Crippen LogP contribution in [0, 0.1) is 6.92 Å². The quantitative estimate of drug-likeness (QED) is 0.589. The summed E-state index contributed by atoms with van der Waals surface area (Å²) in [4.78, 5) is 5.46. The third-order valence-electron chi connectivity index (χ3n) is 3.19. The first kappa shape index (κ1) is 16.6. The molecule has 0 N–H and O–H groups in total. The van der Waals surface area contributed by atoms with Crippen molar-refractivity contribution in [2.24, 2.45) is 0 Å². The first-order chi connectivity index (χ1) is 10.7. The van der Waals surface area contributed by atoms with Crippen LogP contribution in [-0.4, -0.2) is 29.8 Å². The maximum Gasteiger partial charge on any atom is 0.328 e. The SMILES string of the molecule is CCOC1=CC(=[N+]=[N-])C(OCC)C=C1Sc1ccccc1C. The number of benzene rings is 1. The van der Waals surface area contributed by atoms with Crippen LogP contribution in [-0.2, 0) is 9.47 Å². The minimum absolute atomic E-state index is 0.356. The molecule has 1 aliphatic carbocycles. The lowest BCUT2D eigenvalue weighted by Crippen LogP contribution is -2.25. The highest BCUT2D eigenvalue weighted by molar-refractivity contribution is 8.03. The largest absolute Gasteiger partial charge is 0.492 e. The van der Waals surface area contributed by atoms with E-state index in [1.165, 1.54) is 10.5 Å². The summed E-state index contributed by atoms with van der Waals surface area (Å²) in [5, 5.41) is 0. The maximum absolute atomic E-state index is 9.17. The van der Waals surface area contributed by atoms with E-state index in [1.807, 2.05) is 32.1 Å². The van der Waals surface area contributed by atoms with Crippen LogP contribution in [0.15, 0.2) is 52.0 Å². The van der Waals surface area contributed by atoms with Gasteiger partial charge in [0.2, 0.25) is 0 Å². The summed E-state index contributed by atoms with van der Waals surface area (Å²) < 4.78 is 11.3. The van der Waals surface area contributed by atoms with E-state index in [4.69, 9.17) is 15.0 Å². The molecular weight excluding hydrogens is 296 g/mol. The maximum atomic E-state index is 9.17. The summed E-state index contributed by atoms with van der Waals surface area (Å²) in [7, 11) is 0. The average molecular weight is 316 g/mol. The fraction of sp³-hybridized carbons (Fsp3) is 0.353. The zero-order valence-electron chi connectivity index (χ0n) is 13.1. The average Bonchev–Trinajstić information content (AvgIpc) is 2.52. The number of rotatable bonds is 6. The smallest absolute Gasteiger partial charge is 0.328 e. The fourth-order valence-corrected chi connectivity index (χ4v) is 3.16. The standard InChI is InChI=1S/C17H20N2O2S/c1-4-20-14-11-17(15(21-5-2)10-13(14)19-18)22-16-9-7-6-8-12(16)3/h6-11,14H,4-5H2,1-3H3. The molecule has 5 heteroatoms. The molecular formula is C17H20N2O2S. The van der Waals surface area contributed by atoms with Gasteiger partial charge in [-0.1, -0.05) is 30.0 Å². The molecule has 0 radical (unpaired) electrons. The summed E-state index contributed by atoms with van der Waals surface area (Å²) >= 11 is 1.63. The first-order valence-electron chi connectivity index (χ1n) is 7.33. The molecule has 1 atom stereocenters. The monoisotopic (exact) mass is 316 g/mol. The molecule has 2 rings (SSSR count).